The van der Waals surface area contributed by atoms with Gasteiger partial charge >= 0.3 is 5.97 Å². The number of aliphatic carboxylic acids is 1. The fourth-order valence-corrected chi connectivity index (χ4v) is 7.26. The monoisotopic (exact) mass is 534 g/mol. The maximum atomic E-state index is 13.3. The molecule has 3 fully saturated rings. The molecule has 1 heterocycles. The van der Waals surface area contributed by atoms with Crippen LogP contribution >= 0.6 is 0 Å². The summed E-state index contributed by atoms with van der Waals surface area (Å²) in [6, 6.07) is 7.11. The van der Waals surface area contributed by atoms with Crippen LogP contribution in [0.5, 0.6) is 5.75 Å². The minimum Gasteiger partial charge on any atom is -0.490 e. The summed E-state index contributed by atoms with van der Waals surface area (Å²) >= 11 is 0. The number of pyridine rings is 1. The molecule has 0 bridgehead atoms. The molecule has 0 spiro atoms. The SMILES string of the molecule is CC(C)(C)C1CCC(Oc2ccc3cc(C(=O)NC(C(=O)O)C4CCCC4)nc(CC4CCCC4)c3c2)CC1. The van der Waals surface area contributed by atoms with Crippen molar-refractivity contribution in [1.29, 1.82) is 0 Å². The summed E-state index contributed by atoms with van der Waals surface area (Å²) in [7, 11) is 0. The number of nitrogens with zero attached hydrogens (tertiary/aromatic N) is 1. The predicted molar refractivity (Wildman–Crippen MR) is 154 cm³/mol. The Morgan fingerprint density at radius 2 is 1.64 bits per heavy atom. The number of rotatable bonds is 8. The van der Waals surface area contributed by atoms with Crippen molar-refractivity contribution >= 4 is 22.6 Å². The molecule has 3 aliphatic carbocycles. The van der Waals surface area contributed by atoms with Crippen LogP contribution < -0.4 is 10.1 Å². The van der Waals surface area contributed by atoms with Crippen LogP contribution in [0.1, 0.15) is 114 Å². The van der Waals surface area contributed by atoms with E-state index in [1.165, 1.54) is 38.5 Å². The Hall–Kier alpha value is -2.63. The van der Waals surface area contributed by atoms with Gasteiger partial charge in [0, 0.05) is 11.1 Å². The standard InChI is InChI=1S/C33H46N2O4/c1-33(2,3)24-13-16-25(17-14-24)39-26-15-12-23-19-29(31(36)35-30(32(37)38)22-10-6-7-11-22)34-28(27(23)20-26)18-21-8-4-5-9-21/h12,15,19-22,24-25,30H,4-11,13-14,16-18H2,1-3H3,(H,35,36)(H,37,38). The van der Waals surface area contributed by atoms with Crippen molar-refractivity contribution < 1.29 is 19.4 Å². The van der Waals surface area contributed by atoms with Gasteiger partial charge in [-0.1, -0.05) is 65.4 Å². The third kappa shape index (κ3) is 6.75. The average Bonchev–Trinajstić information content (AvgIpc) is 3.62. The second-order valence-corrected chi connectivity index (χ2v) is 13.5. The van der Waals surface area contributed by atoms with Crippen LogP contribution in [0, 0.1) is 23.2 Å². The predicted octanol–water partition coefficient (Wildman–Crippen LogP) is 7.32. The molecule has 3 saturated carbocycles. The molecule has 1 atom stereocenters. The van der Waals surface area contributed by atoms with Crippen molar-refractivity contribution in [2.45, 2.75) is 116 Å². The van der Waals surface area contributed by atoms with Crippen molar-refractivity contribution in [3.63, 3.8) is 0 Å². The van der Waals surface area contributed by atoms with E-state index in [1.54, 1.807) is 0 Å². The molecule has 3 aliphatic rings. The first-order valence-corrected chi connectivity index (χ1v) is 15.3. The molecule has 6 heteroatoms. The number of carboxylic acid groups (broad SMARTS) is 1. The molecule has 6 nitrogen and oxygen atoms in total. The van der Waals surface area contributed by atoms with E-state index in [-0.39, 0.29) is 17.9 Å². The first-order chi connectivity index (χ1) is 18.7. The Morgan fingerprint density at radius 1 is 0.974 bits per heavy atom. The maximum absolute atomic E-state index is 13.3. The molecule has 5 rings (SSSR count). The summed E-state index contributed by atoms with van der Waals surface area (Å²) in [4.78, 5) is 30.2. The molecule has 0 radical (unpaired) electrons. The summed E-state index contributed by atoms with van der Waals surface area (Å²) in [6.07, 6.45) is 14.2. The second kappa shape index (κ2) is 11.9. The summed E-state index contributed by atoms with van der Waals surface area (Å²) in [5, 5.41) is 14.6. The maximum Gasteiger partial charge on any atom is 0.326 e. The molecule has 2 N–H and O–H groups in total. The van der Waals surface area contributed by atoms with Gasteiger partial charge < -0.3 is 15.2 Å². The van der Waals surface area contributed by atoms with Crippen LogP contribution in [0.2, 0.25) is 0 Å². The molecule has 1 unspecified atom stereocenters. The fraction of sp³-hybridized carbons (Fsp3) is 0.667. The zero-order chi connectivity index (χ0) is 27.6. The Labute approximate surface area is 233 Å². The van der Waals surface area contributed by atoms with E-state index in [9.17, 15) is 14.7 Å². The molecule has 212 valence electrons. The largest absolute Gasteiger partial charge is 0.490 e. The number of ether oxygens (including phenoxy) is 1. The van der Waals surface area contributed by atoms with Gasteiger partial charge in [-0.15, -0.1) is 0 Å². The Kier molecular flexibility index (Phi) is 8.49. The second-order valence-electron chi connectivity index (χ2n) is 13.5. The topological polar surface area (TPSA) is 88.5 Å². The third-order valence-electron chi connectivity index (χ3n) is 9.70. The number of benzene rings is 1. The first kappa shape index (κ1) is 27.9. The lowest BCUT2D eigenvalue weighted by molar-refractivity contribution is -0.140. The normalized spacial score (nSPS) is 23.7. The van der Waals surface area contributed by atoms with E-state index in [0.717, 1.165) is 73.1 Å². The third-order valence-corrected chi connectivity index (χ3v) is 9.70. The number of amides is 1. The van der Waals surface area contributed by atoms with Gasteiger partial charge in [0.05, 0.1) is 6.10 Å². The van der Waals surface area contributed by atoms with Gasteiger partial charge in [0.25, 0.3) is 5.91 Å². The summed E-state index contributed by atoms with van der Waals surface area (Å²) in [5.41, 5.74) is 1.59. The van der Waals surface area contributed by atoms with Crippen LogP contribution in [-0.2, 0) is 11.2 Å². The van der Waals surface area contributed by atoms with Crippen molar-refractivity contribution in [1.82, 2.24) is 10.3 Å². The van der Waals surface area contributed by atoms with Gasteiger partial charge in [0.1, 0.15) is 17.5 Å². The van der Waals surface area contributed by atoms with Gasteiger partial charge in [-0.05, 0) is 91.7 Å². The molecule has 2 aromatic rings. The van der Waals surface area contributed by atoms with E-state index < -0.39 is 12.0 Å². The lowest BCUT2D eigenvalue weighted by atomic mass is 9.72. The Bertz CT molecular complexity index is 1170. The highest BCUT2D eigenvalue weighted by Gasteiger charge is 2.33. The van der Waals surface area contributed by atoms with Crippen molar-refractivity contribution in [2.24, 2.45) is 23.2 Å². The van der Waals surface area contributed by atoms with Gasteiger partial charge in [0.2, 0.25) is 0 Å². The Morgan fingerprint density at radius 3 is 2.28 bits per heavy atom. The van der Waals surface area contributed by atoms with Crippen LogP contribution in [-0.4, -0.2) is 34.1 Å². The molecule has 0 saturated heterocycles. The highest BCUT2D eigenvalue weighted by molar-refractivity contribution is 5.99. The number of hydrogen-bond donors (Lipinski definition) is 2. The Balaban J connectivity index is 1.37. The lowest BCUT2D eigenvalue weighted by Crippen LogP contribution is -2.45. The van der Waals surface area contributed by atoms with E-state index >= 15 is 0 Å². The summed E-state index contributed by atoms with van der Waals surface area (Å²) < 4.78 is 6.49. The van der Waals surface area contributed by atoms with Gasteiger partial charge in [-0.3, -0.25) is 4.79 Å². The van der Waals surface area contributed by atoms with Crippen LogP contribution in [0.3, 0.4) is 0 Å². The fourth-order valence-electron chi connectivity index (χ4n) is 7.26. The van der Waals surface area contributed by atoms with Crippen molar-refractivity contribution in [3.05, 3.63) is 35.7 Å². The molecule has 1 amide bonds. The van der Waals surface area contributed by atoms with Crippen LogP contribution in [0.15, 0.2) is 24.3 Å². The van der Waals surface area contributed by atoms with E-state index in [4.69, 9.17) is 9.72 Å². The number of hydrogen-bond acceptors (Lipinski definition) is 4. The summed E-state index contributed by atoms with van der Waals surface area (Å²) in [6.45, 7) is 7.02. The van der Waals surface area contributed by atoms with Crippen LogP contribution in [0.4, 0.5) is 0 Å². The quantitative estimate of drug-likeness (QED) is 0.370. The van der Waals surface area contributed by atoms with E-state index in [2.05, 4.69) is 32.2 Å². The molecule has 1 aromatic carbocycles. The zero-order valence-electron chi connectivity index (χ0n) is 24.0. The van der Waals surface area contributed by atoms with Crippen molar-refractivity contribution in [2.75, 3.05) is 0 Å². The van der Waals surface area contributed by atoms with E-state index in [0.29, 0.717) is 17.0 Å². The van der Waals surface area contributed by atoms with Crippen LogP contribution in [0.25, 0.3) is 10.8 Å². The van der Waals surface area contributed by atoms with Gasteiger partial charge in [-0.25, -0.2) is 9.78 Å². The molecule has 0 aliphatic heterocycles. The molecular weight excluding hydrogens is 488 g/mol. The number of fused-ring (bicyclic) bond motifs is 1. The first-order valence-electron chi connectivity index (χ1n) is 15.3. The highest BCUT2D eigenvalue weighted by Crippen LogP contribution is 2.39. The minimum absolute atomic E-state index is 0.0111. The van der Waals surface area contributed by atoms with E-state index in [1.807, 2.05) is 18.2 Å². The number of carboxylic acids is 1. The molecule has 39 heavy (non-hydrogen) atoms. The summed E-state index contributed by atoms with van der Waals surface area (Å²) in [5.74, 6) is 0.834. The van der Waals surface area contributed by atoms with Gasteiger partial charge in [-0.2, -0.15) is 0 Å². The number of nitrogens with one attached hydrogen (secondary N) is 1. The average molecular weight is 535 g/mol. The molecular formula is C33H46N2O4. The number of carbonyl (C=O) groups is 2. The van der Waals surface area contributed by atoms with Gasteiger partial charge in [0.15, 0.2) is 0 Å². The van der Waals surface area contributed by atoms with Crippen molar-refractivity contribution in [3.8, 4) is 5.75 Å². The highest BCUT2D eigenvalue weighted by atomic mass is 16.5. The number of carbonyl (C=O) groups excluding carboxylic acids is 1. The lowest BCUT2D eigenvalue weighted by Gasteiger charge is -2.37. The number of aromatic nitrogens is 1. The minimum atomic E-state index is -0.958. The zero-order valence-corrected chi connectivity index (χ0v) is 24.0. The molecule has 1 aromatic heterocycles. The smallest absolute Gasteiger partial charge is 0.326 e.